The fourth-order valence-electron chi connectivity index (χ4n) is 1.79. The van der Waals surface area contributed by atoms with Crippen molar-refractivity contribution in [2.45, 2.75) is 6.92 Å². The zero-order valence-electron chi connectivity index (χ0n) is 9.54. The van der Waals surface area contributed by atoms with Gasteiger partial charge in [0.1, 0.15) is 0 Å². The predicted octanol–water partition coefficient (Wildman–Crippen LogP) is 2.55. The van der Waals surface area contributed by atoms with E-state index in [1.807, 2.05) is 12.1 Å². The minimum absolute atomic E-state index is 0.282. The van der Waals surface area contributed by atoms with Gasteiger partial charge in [-0.3, -0.25) is 4.79 Å². The highest BCUT2D eigenvalue weighted by molar-refractivity contribution is 7.92. The molecule has 0 heterocycles. The van der Waals surface area contributed by atoms with Gasteiger partial charge in [-0.15, -0.1) is 0 Å². The Hall–Kier alpha value is -1.66. The van der Waals surface area contributed by atoms with Gasteiger partial charge >= 0.3 is 0 Å². The van der Waals surface area contributed by atoms with Crippen molar-refractivity contribution in [1.29, 1.82) is 0 Å². The van der Waals surface area contributed by atoms with Gasteiger partial charge in [-0.1, -0.05) is 60.7 Å². The average molecular weight is 244 g/mol. The molecule has 2 aromatic carbocycles. The highest BCUT2D eigenvalue weighted by Gasteiger charge is 2.31. The third-order valence-electron chi connectivity index (χ3n) is 2.68. The molecule has 86 valence electrons. The highest BCUT2D eigenvalue weighted by atomic mass is 31.2. The van der Waals surface area contributed by atoms with Crippen molar-refractivity contribution < 1.29 is 9.36 Å². The van der Waals surface area contributed by atoms with Gasteiger partial charge < -0.3 is 4.57 Å². The second kappa shape index (κ2) is 4.68. The number of carbonyl (C=O) groups is 1. The second-order valence-electron chi connectivity index (χ2n) is 3.80. The van der Waals surface area contributed by atoms with Crippen molar-refractivity contribution in [3.05, 3.63) is 60.7 Å². The molecule has 0 aromatic heterocycles. The average Bonchev–Trinajstić information content (AvgIpc) is 2.39. The summed E-state index contributed by atoms with van der Waals surface area (Å²) < 4.78 is 13.0. The van der Waals surface area contributed by atoms with E-state index >= 15 is 0 Å². The first kappa shape index (κ1) is 11.8. The van der Waals surface area contributed by atoms with E-state index in [2.05, 4.69) is 0 Å². The van der Waals surface area contributed by atoms with Gasteiger partial charge in [0.15, 0.2) is 5.52 Å². The van der Waals surface area contributed by atoms with E-state index in [0.717, 1.165) is 0 Å². The van der Waals surface area contributed by atoms with Gasteiger partial charge in [-0.2, -0.15) is 0 Å². The molecule has 0 aliphatic carbocycles. The molecule has 0 radical (unpaired) electrons. The van der Waals surface area contributed by atoms with Crippen LogP contribution in [0.4, 0.5) is 0 Å². The molecule has 0 fully saturated rings. The summed E-state index contributed by atoms with van der Waals surface area (Å²) in [4.78, 5) is 11.8. The maximum absolute atomic E-state index is 13.0. The molecule has 0 aliphatic heterocycles. The molecule has 0 aliphatic rings. The molecule has 0 amide bonds. The molecule has 0 saturated heterocycles. The maximum Gasteiger partial charge on any atom is 0.204 e. The van der Waals surface area contributed by atoms with Crippen molar-refractivity contribution in [3.8, 4) is 0 Å². The molecule has 0 unspecified atom stereocenters. The van der Waals surface area contributed by atoms with Gasteiger partial charge in [0.2, 0.25) is 7.14 Å². The molecule has 0 N–H and O–H groups in total. The monoisotopic (exact) mass is 244 g/mol. The standard InChI is InChI=1S/C14H13O2P/c1-12(15)17(16,13-8-4-2-5-9-13)14-10-6-3-7-11-14/h2-11H,1H3. The lowest BCUT2D eigenvalue weighted by Crippen LogP contribution is -2.20. The minimum atomic E-state index is -3.13. The van der Waals surface area contributed by atoms with Gasteiger partial charge in [-0.25, -0.2) is 0 Å². The van der Waals surface area contributed by atoms with Gasteiger partial charge in [0.05, 0.1) is 0 Å². The van der Waals surface area contributed by atoms with E-state index in [1.165, 1.54) is 6.92 Å². The molecule has 2 aromatic rings. The van der Waals surface area contributed by atoms with E-state index in [0.29, 0.717) is 10.6 Å². The minimum Gasteiger partial charge on any atom is -0.306 e. The number of rotatable bonds is 3. The number of hydrogen-bond donors (Lipinski definition) is 0. The molecule has 3 heteroatoms. The Morgan fingerprint density at radius 3 is 1.47 bits per heavy atom. The Labute approximate surface area is 101 Å². The van der Waals surface area contributed by atoms with Crippen molar-refractivity contribution in [2.24, 2.45) is 0 Å². The molecule has 0 spiro atoms. The van der Waals surface area contributed by atoms with E-state index in [1.54, 1.807) is 48.5 Å². The molecular formula is C14H13O2P. The normalized spacial score (nSPS) is 11.1. The lowest BCUT2D eigenvalue weighted by atomic mass is 10.4. The van der Waals surface area contributed by atoms with E-state index in [4.69, 9.17) is 0 Å². The summed E-state index contributed by atoms with van der Waals surface area (Å²) in [7, 11) is -3.13. The lowest BCUT2D eigenvalue weighted by molar-refractivity contribution is -0.109. The molecule has 2 rings (SSSR count). The SMILES string of the molecule is CC(=O)P(=O)(c1ccccc1)c1ccccc1. The maximum atomic E-state index is 13.0. The number of carbonyl (C=O) groups excluding carboxylic acids is 1. The van der Waals surface area contributed by atoms with Gasteiger partial charge in [0, 0.05) is 17.5 Å². The Morgan fingerprint density at radius 1 is 0.824 bits per heavy atom. The van der Waals surface area contributed by atoms with Crippen molar-refractivity contribution in [3.63, 3.8) is 0 Å². The smallest absolute Gasteiger partial charge is 0.204 e. The molecule has 17 heavy (non-hydrogen) atoms. The molecule has 0 bridgehead atoms. The summed E-state index contributed by atoms with van der Waals surface area (Å²) in [6.07, 6.45) is 0. The van der Waals surface area contributed by atoms with Crippen LogP contribution in [0.5, 0.6) is 0 Å². The van der Waals surface area contributed by atoms with Gasteiger partial charge in [-0.05, 0) is 0 Å². The number of benzene rings is 2. The second-order valence-corrected chi connectivity index (χ2v) is 6.68. The van der Waals surface area contributed by atoms with Crippen LogP contribution in [0.15, 0.2) is 60.7 Å². The summed E-state index contributed by atoms with van der Waals surface area (Å²) >= 11 is 0. The Balaban J connectivity index is 2.64. The van der Waals surface area contributed by atoms with Gasteiger partial charge in [0.25, 0.3) is 0 Å². The fourth-order valence-corrected chi connectivity index (χ4v) is 4.00. The summed E-state index contributed by atoms with van der Waals surface area (Å²) in [6.45, 7) is 1.39. The van der Waals surface area contributed by atoms with Crippen LogP contribution in [0, 0.1) is 0 Å². The summed E-state index contributed by atoms with van der Waals surface area (Å²) in [5, 5.41) is 1.19. The predicted molar refractivity (Wildman–Crippen MR) is 70.4 cm³/mol. The highest BCUT2D eigenvalue weighted by Crippen LogP contribution is 2.43. The zero-order chi connectivity index (χ0) is 12.3. The van der Waals surface area contributed by atoms with Crippen molar-refractivity contribution in [1.82, 2.24) is 0 Å². The summed E-state index contributed by atoms with van der Waals surface area (Å²) in [6, 6.07) is 17.9. The molecular weight excluding hydrogens is 231 g/mol. The quantitative estimate of drug-likeness (QED) is 0.777. The lowest BCUT2D eigenvalue weighted by Gasteiger charge is -2.15. The Kier molecular flexibility index (Phi) is 3.26. The van der Waals surface area contributed by atoms with Crippen LogP contribution in [0.3, 0.4) is 0 Å². The molecule has 2 nitrogen and oxygen atoms in total. The van der Waals surface area contributed by atoms with E-state index < -0.39 is 7.14 Å². The largest absolute Gasteiger partial charge is 0.306 e. The van der Waals surface area contributed by atoms with Crippen LogP contribution in [-0.4, -0.2) is 5.52 Å². The first-order valence-electron chi connectivity index (χ1n) is 5.38. The van der Waals surface area contributed by atoms with Crippen LogP contribution < -0.4 is 10.6 Å². The van der Waals surface area contributed by atoms with E-state index in [9.17, 15) is 9.36 Å². The topological polar surface area (TPSA) is 34.1 Å². The van der Waals surface area contributed by atoms with Crippen LogP contribution in [0.2, 0.25) is 0 Å². The Morgan fingerprint density at radius 2 is 1.18 bits per heavy atom. The summed E-state index contributed by atoms with van der Waals surface area (Å²) in [5.41, 5.74) is -0.282. The van der Waals surface area contributed by atoms with Crippen LogP contribution in [-0.2, 0) is 9.36 Å². The van der Waals surface area contributed by atoms with Crippen LogP contribution >= 0.6 is 7.14 Å². The van der Waals surface area contributed by atoms with Crippen molar-refractivity contribution >= 4 is 23.3 Å². The van der Waals surface area contributed by atoms with Crippen LogP contribution in [0.1, 0.15) is 6.92 Å². The first-order valence-corrected chi connectivity index (χ1v) is 7.09. The molecule has 0 saturated carbocycles. The Bertz CT molecular complexity index is 518. The number of hydrogen-bond acceptors (Lipinski definition) is 2. The third kappa shape index (κ3) is 2.09. The zero-order valence-corrected chi connectivity index (χ0v) is 10.4. The fraction of sp³-hybridized carbons (Fsp3) is 0.0714. The van der Waals surface area contributed by atoms with Crippen LogP contribution in [0.25, 0.3) is 0 Å². The molecule has 0 atom stereocenters. The first-order chi connectivity index (χ1) is 8.15. The van der Waals surface area contributed by atoms with Crippen molar-refractivity contribution in [2.75, 3.05) is 0 Å². The summed E-state index contributed by atoms with van der Waals surface area (Å²) in [5.74, 6) is 0. The third-order valence-corrected chi connectivity index (χ3v) is 5.62. The van der Waals surface area contributed by atoms with E-state index in [-0.39, 0.29) is 5.52 Å².